The number of rotatable bonds is 4. The Labute approximate surface area is 144 Å². The van der Waals surface area contributed by atoms with Crippen molar-refractivity contribution in [1.82, 2.24) is 14.8 Å². The molecular formula is C17H15ClN4S. The Hall–Kier alpha value is -1.98. The molecule has 0 saturated carbocycles. The Morgan fingerprint density at radius 3 is 2.52 bits per heavy atom. The number of benzene rings is 2. The third-order valence-electron chi connectivity index (χ3n) is 3.84. The molecule has 0 bridgehead atoms. The molecule has 0 unspecified atom stereocenters. The second-order valence-electron chi connectivity index (χ2n) is 5.34. The molecule has 0 amide bonds. The molecule has 0 radical (unpaired) electrons. The van der Waals surface area contributed by atoms with Gasteiger partial charge in [-0.25, -0.2) is 0 Å². The van der Waals surface area contributed by atoms with Gasteiger partial charge in [0.25, 0.3) is 0 Å². The van der Waals surface area contributed by atoms with Gasteiger partial charge in [0.05, 0.1) is 0 Å². The van der Waals surface area contributed by atoms with Gasteiger partial charge < -0.3 is 4.90 Å². The topological polar surface area (TPSA) is 34.0 Å². The summed E-state index contributed by atoms with van der Waals surface area (Å²) in [6.45, 7) is 1.85. The summed E-state index contributed by atoms with van der Waals surface area (Å²) < 4.78 is 2.19. The number of halogens is 1. The van der Waals surface area contributed by atoms with Crippen molar-refractivity contribution in [2.24, 2.45) is 0 Å². The van der Waals surface area contributed by atoms with Crippen molar-refractivity contribution in [2.75, 3.05) is 11.4 Å². The highest BCUT2D eigenvalue weighted by molar-refractivity contribution is 7.98. The number of nitrogens with zero attached hydrogens (tertiary/aromatic N) is 4. The summed E-state index contributed by atoms with van der Waals surface area (Å²) in [6, 6.07) is 18.3. The highest BCUT2D eigenvalue weighted by Crippen LogP contribution is 2.32. The first-order valence-electron chi connectivity index (χ1n) is 7.44. The van der Waals surface area contributed by atoms with Crippen molar-refractivity contribution < 1.29 is 0 Å². The molecule has 3 aromatic rings. The second kappa shape index (κ2) is 6.26. The Morgan fingerprint density at radius 2 is 1.74 bits per heavy atom. The molecule has 23 heavy (non-hydrogen) atoms. The van der Waals surface area contributed by atoms with Gasteiger partial charge in [-0.15, -0.1) is 10.2 Å². The average Bonchev–Trinajstić information content (AvgIpc) is 3.17. The van der Waals surface area contributed by atoms with E-state index in [-0.39, 0.29) is 0 Å². The molecule has 1 aliphatic rings. The van der Waals surface area contributed by atoms with Crippen LogP contribution >= 0.6 is 23.4 Å². The average molecular weight is 343 g/mol. The molecule has 0 N–H and O–H groups in total. The Bertz CT molecular complexity index is 801. The molecule has 0 spiro atoms. The van der Waals surface area contributed by atoms with Gasteiger partial charge in [0.1, 0.15) is 0 Å². The lowest BCUT2D eigenvalue weighted by Crippen LogP contribution is -2.13. The number of thioether (sulfide) groups is 1. The highest BCUT2D eigenvalue weighted by atomic mass is 35.5. The summed E-state index contributed by atoms with van der Waals surface area (Å²) in [5, 5.41) is 10.5. The monoisotopic (exact) mass is 342 g/mol. The van der Waals surface area contributed by atoms with Gasteiger partial charge >= 0.3 is 0 Å². The van der Waals surface area contributed by atoms with E-state index in [1.54, 1.807) is 11.8 Å². The van der Waals surface area contributed by atoms with E-state index in [1.807, 2.05) is 42.5 Å². The Balaban J connectivity index is 1.51. The van der Waals surface area contributed by atoms with Gasteiger partial charge in [-0.05, 0) is 29.8 Å². The van der Waals surface area contributed by atoms with Gasteiger partial charge in [-0.2, -0.15) is 0 Å². The minimum absolute atomic E-state index is 0.764. The molecule has 0 atom stereocenters. The fourth-order valence-corrected chi connectivity index (χ4v) is 3.71. The van der Waals surface area contributed by atoms with E-state index in [2.05, 4.69) is 31.8 Å². The molecule has 2 aromatic carbocycles. The summed E-state index contributed by atoms with van der Waals surface area (Å²) in [4.78, 5) is 2.21. The molecule has 4 nitrogen and oxygen atoms in total. The van der Waals surface area contributed by atoms with Crippen LogP contribution in [0.2, 0.25) is 5.02 Å². The third kappa shape index (κ3) is 2.94. The molecule has 1 aromatic heterocycles. The molecule has 1 aliphatic heterocycles. The van der Waals surface area contributed by atoms with E-state index in [0.29, 0.717) is 0 Å². The first-order valence-corrected chi connectivity index (χ1v) is 8.81. The van der Waals surface area contributed by atoms with Crippen LogP contribution in [0.15, 0.2) is 59.8 Å². The smallest absolute Gasteiger partial charge is 0.232 e. The van der Waals surface area contributed by atoms with Crippen molar-refractivity contribution >= 4 is 35.0 Å². The zero-order valence-corrected chi connectivity index (χ0v) is 14.0. The lowest BCUT2D eigenvalue weighted by molar-refractivity contribution is 0.704. The largest absolute Gasteiger partial charge is 0.309 e. The van der Waals surface area contributed by atoms with Crippen molar-refractivity contribution in [3.8, 4) is 0 Å². The first-order chi connectivity index (χ1) is 11.3. The molecule has 0 aliphatic carbocycles. The van der Waals surface area contributed by atoms with Crippen LogP contribution in [0, 0.1) is 0 Å². The third-order valence-corrected chi connectivity index (χ3v) is 5.12. The lowest BCUT2D eigenvalue weighted by atomic mass is 10.2. The number of aromatic nitrogens is 3. The fourth-order valence-electron chi connectivity index (χ4n) is 2.66. The fraction of sp³-hybridized carbons (Fsp3) is 0.176. The first kappa shape index (κ1) is 14.6. The minimum atomic E-state index is 0.764. The zero-order chi connectivity index (χ0) is 15.6. The van der Waals surface area contributed by atoms with Crippen LogP contribution in [0.3, 0.4) is 0 Å². The maximum atomic E-state index is 5.92. The van der Waals surface area contributed by atoms with Crippen molar-refractivity contribution in [3.05, 3.63) is 65.2 Å². The summed E-state index contributed by atoms with van der Waals surface area (Å²) in [5.41, 5.74) is 2.39. The predicted molar refractivity (Wildman–Crippen MR) is 94.5 cm³/mol. The summed E-state index contributed by atoms with van der Waals surface area (Å²) in [7, 11) is 0. The van der Waals surface area contributed by atoms with Crippen molar-refractivity contribution in [3.63, 3.8) is 0 Å². The van der Waals surface area contributed by atoms with Gasteiger partial charge in [0.2, 0.25) is 5.95 Å². The SMILES string of the molecule is Clc1ccc(CSc2nnc3n2CCN3c2ccccc2)cc1. The number of anilines is 2. The van der Waals surface area contributed by atoms with Crippen LogP contribution in [0.5, 0.6) is 0 Å². The van der Waals surface area contributed by atoms with Crippen LogP contribution < -0.4 is 4.90 Å². The zero-order valence-electron chi connectivity index (χ0n) is 12.4. The van der Waals surface area contributed by atoms with Gasteiger partial charge in [0, 0.05) is 29.6 Å². The van der Waals surface area contributed by atoms with Crippen LogP contribution in [-0.2, 0) is 12.3 Å². The van der Waals surface area contributed by atoms with Crippen LogP contribution in [0.1, 0.15) is 5.56 Å². The maximum Gasteiger partial charge on any atom is 0.232 e. The van der Waals surface area contributed by atoms with E-state index < -0.39 is 0 Å². The second-order valence-corrected chi connectivity index (χ2v) is 6.72. The quantitative estimate of drug-likeness (QED) is 0.659. The summed E-state index contributed by atoms with van der Waals surface area (Å²) >= 11 is 7.63. The summed E-state index contributed by atoms with van der Waals surface area (Å²) in [5.74, 6) is 1.79. The normalized spacial score (nSPS) is 13.3. The van der Waals surface area contributed by atoms with Gasteiger partial charge in [-0.3, -0.25) is 4.57 Å². The number of para-hydroxylation sites is 1. The minimum Gasteiger partial charge on any atom is -0.309 e. The molecule has 0 fully saturated rings. The molecule has 6 heteroatoms. The van der Waals surface area contributed by atoms with Gasteiger partial charge in [0.15, 0.2) is 5.16 Å². The van der Waals surface area contributed by atoms with Crippen molar-refractivity contribution in [2.45, 2.75) is 17.5 Å². The number of fused-ring (bicyclic) bond motifs is 1. The lowest BCUT2D eigenvalue weighted by Gasteiger charge is -2.14. The van der Waals surface area contributed by atoms with Crippen LogP contribution in [0.25, 0.3) is 0 Å². The highest BCUT2D eigenvalue weighted by Gasteiger charge is 2.25. The Morgan fingerprint density at radius 1 is 0.957 bits per heavy atom. The molecule has 4 rings (SSSR count). The predicted octanol–water partition coefficient (Wildman–Crippen LogP) is 4.38. The Kier molecular flexibility index (Phi) is 3.97. The van der Waals surface area contributed by atoms with E-state index in [1.165, 1.54) is 5.56 Å². The molecule has 116 valence electrons. The van der Waals surface area contributed by atoms with Gasteiger partial charge in [-0.1, -0.05) is 53.7 Å². The maximum absolute atomic E-state index is 5.92. The molecule has 2 heterocycles. The van der Waals surface area contributed by atoms with E-state index in [9.17, 15) is 0 Å². The van der Waals surface area contributed by atoms with E-state index in [4.69, 9.17) is 11.6 Å². The van der Waals surface area contributed by atoms with Crippen LogP contribution in [-0.4, -0.2) is 21.3 Å². The standard InChI is InChI=1S/C17H15ClN4S/c18-14-8-6-13(7-9-14)12-23-17-20-19-16-21(10-11-22(16)17)15-4-2-1-3-5-15/h1-9H,10-12H2. The molecular weight excluding hydrogens is 328 g/mol. The number of hydrogen-bond donors (Lipinski definition) is 0. The number of hydrogen-bond acceptors (Lipinski definition) is 4. The van der Waals surface area contributed by atoms with E-state index >= 15 is 0 Å². The van der Waals surface area contributed by atoms with Crippen LogP contribution in [0.4, 0.5) is 11.6 Å². The van der Waals surface area contributed by atoms with Crippen molar-refractivity contribution in [1.29, 1.82) is 0 Å². The molecule has 0 saturated heterocycles. The summed E-state index contributed by atoms with van der Waals surface area (Å²) in [6.07, 6.45) is 0. The van der Waals surface area contributed by atoms with E-state index in [0.717, 1.165) is 40.7 Å².